The maximum absolute atomic E-state index is 6.26. The van der Waals surface area contributed by atoms with E-state index in [1.807, 2.05) is 0 Å². The van der Waals surface area contributed by atoms with Crippen LogP contribution >= 0.6 is 0 Å². The van der Waals surface area contributed by atoms with Crippen molar-refractivity contribution in [3.63, 3.8) is 0 Å². The molecule has 0 unspecified atom stereocenters. The van der Waals surface area contributed by atoms with Crippen molar-refractivity contribution in [1.29, 1.82) is 0 Å². The molecule has 1 saturated heterocycles. The van der Waals surface area contributed by atoms with E-state index in [4.69, 9.17) is 4.74 Å². The Hall–Kier alpha value is -1.80. The van der Waals surface area contributed by atoms with Crippen LogP contribution in [0.15, 0.2) is 54.6 Å². The summed E-state index contributed by atoms with van der Waals surface area (Å²) in [7, 11) is 0. The van der Waals surface area contributed by atoms with Gasteiger partial charge in [0.25, 0.3) is 0 Å². The topological polar surface area (TPSA) is 12.5 Å². The Bertz CT molecular complexity index is 668. The Labute approximate surface area is 126 Å². The van der Waals surface area contributed by atoms with Gasteiger partial charge in [0.05, 0.1) is 6.61 Å². The highest BCUT2D eigenvalue weighted by atomic mass is 16.5. The van der Waals surface area contributed by atoms with E-state index >= 15 is 0 Å². The van der Waals surface area contributed by atoms with Crippen molar-refractivity contribution < 1.29 is 4.74 Å². The van der Waals surface area contributed by atoms with Gasteiger partial charge in [0, 0.05) is 17.6 Å². The minimum absolute atomic E-state index is 0.0817. The maximum atomic E-state index is 6.26. The lowest BCUT2D eigenvalue weighted by molar-refractivity contribution is -0.00899. The number of rotatable bonds is 2. The predicted molar refractivity (Wildman–Crippen MR) is 85.4 cm³/mol. The van der Waals surface area contributed by atoms with Gasteiger partial charge in [-0.1, -0.05) is 55.5 Å². The van der Waals surface area contributed by atoms with Gasteiger partial charge in [0.15, 0.2) is 0 Å². The lowest BCUT2D eigenvalue weighted by Gasteiger charge is -2.41. The standard InChI is InChI=1S/C19H21NO/c1-18-12-13-21-19(18,2)20(14-15-8-4-3-5-9-15)17-11-7-6-10-16(17)18/h3-11H,12-14H2,1-2H3/t18-,19-/m1/s1. The monoisotopic (exact) mass is 279 g/mol. The molecule has 0 saturated carbocycles. The smallest absolute Gasteiger partial charge is 0.148 e. The van der Waals surface area contributed by atoms with Gasteiger partial charge in [-0.05, 0) is 30.5 Å². The van der Waals surface area contributed by atoms with Crippen LogP contribution in [0.5, 0.6) is 0 Å². The molecule has 2 nitrogen and oxygen atoms in total. The first kappa shape index (κ1) is 12.9. The summed E-state index contributed by atoms with van der Waals surface area (Å²) in [6, 6.07) is 19.4. The first-order valence-electron chi connectivity index (χ1n) is 7.70. The number of hydrogen-bond donors (Lipinski definition) is 0. The molecule has 2 aliphatic heterocycles. The van der Waals surface area contributed by atoms with Gasteiger partial charge in [-0.15, -0.1) is 0 Å². The van der Waals surface area contributed by atoms with E-state index in [9.17, 15) is 0 Å². The lowest BCUT2D eigenvalue weighted by atomic mass is 9.76. The molecular weight excluding hydrogens is 258 g/mol. The van der Waals surface area contributed by atoms with Gasteiger partial charge >= 0.3 is 0 Å². The number of anilines is 1. The maximum Gasteiger partial charge on any atom is 0.148 e. The molecule has 0 aromatic heterocycles. The summed E-state index contributed by atoms with van der Waals surface area (Å²) in [5.41, 5.74) is 3.92. The van der Waals surface area contributed by atoms with E-state index < -0.39 is 0 Å². The molecule has 2 heterocycles. The highest BCUT2D eigenvalue weighted by Crippen LogP contribution is 2.57. The van der Waals surface area contributed by atoms with Crippen molar-refractivity contribution in [3.8, 4) is 0 Å². The second-order valence-corrected chi connectivity index (χ2v) is 6.50. The SMILES string of the molecule is C[C@@]12OCC[C@]1(C)c1ccccc1N2Cc1ccccc1. The molecule has 0 bridgehead atoms. The van der Waals surface area contributed by atoms with Crippen LogP contribution in [0, 0.1) is 0 Å². The average molecular weight is 279 g/mol. The fraction of sp³-hybridized carbons (Fsp3) is 0.368. The van der Waals surface area contributed by atoms with Gasteiger partial charge in [0.1, 0.15) is 5.72 Å². The molecule has 0 radical (unpaired) electrons. The molecule has 21 heavy (non-hydrogen) atoms. The molecule has 108 valence electrons. The van der Waals surface area contributed by atoms with Crippen molar-refractivity contribution >= 4 is 5.69 Å². The van der Waals surface area contributed by atoms with Gasteiger partial charge in [-0.25, -0.2) is 0 Å². The molecular formula is C19H21NO. The highest BCUT2D eigenvalue weighted by molar-refractivity contribution is 5.66. The number of nitrogens with zero attached hydrogens (tertiary/aromatic N) is 1. The summed E-state index contributed by atoms with van der Waals surface area (Å²) in [6.45, 7) is 6.34. The first-order valence-corrected chi connectivity index (χ1v) is 7.70. The Kier molecular flexibility index (Phi) is 2.67. The van der Waals surface area contributed by atoms with Crippen LogP contribution in [0.2, 0.25) is 0 Å². The average Bonchev–Trinajstić information content (AvgIpc) is 2.91. The van der Waals surface area contributed by atoms with Crippen LogP contribution in [-0.2, 0) is 16.7 Å². The van der Waals surface area contributed by atoms with Crippen LogP contribution in [0.3, 0.4) is 0 Å². The molecule has 0 spiro atoms. The van der Waals surface area contributed by atoms with Crippen molar-refractivity contribution in [1.82, 2.24) is 0 Å². The Balaban J connectivity index is 1.82. The summed E-state index contributed by atoms with van der Waals surface area (Å²) in [6.07, 6.45) is 1.09. The van der Waals surface area contributed by atoms with E-state index in [1.54, 1.807) is 0 Å². The summed E-state index contributed by atoms with van der Waals surface area (Å²) in [5.74, 6) is 0. The van der Waals surface area contributed by atoms with Crippen molar-refractivity contribution in [2.45, 2.75) is 38.0 Å². The number of ether oxygens (including phenoxy) is 1. The zero-order chi connectivity index (χ0) is 14.5. The first-order chi connectivity index (χ1) is 10.2. The van der Waals surface area contributed by atoms with Crippen molar-refractivity contribution in [3.05, 3.63) is 65.7 Å². The Morgan fingerprint density at radius 3 is 2.52 bits per heavy atom. The van der Waals surface area contributed by atoms with Gasteiger partial charge in [0.2, 0.25) is 0 Å². The van der Waals surface area contributed by atoms with Crippen LogP contribution in [0.4, 0.5) is 5.69 Å². The Morgan fingerprint density at radius 2 is 1.71 bits per heavy atom. The number of benzene rings is 2. The summed E-state index contributed by atoms with van der Waals surface area (Å²) in [4.78, 5) is 2.45. The molecule has 1 fully saturated rings. The fourth-order valence-corrected chi connectivity index (χ4v) is 4.01. The molecule has 2 aromatic rings. The molecule has 0 aliphatic carbocycles. The van der Waals surface area contributed by atoms with Gasteiger partial charge in [-0.2, -0.15) is 0 Å². The second-order valence-electron chi connectivity index (χ2n) is 6.50. The minimum Gasteiger partial charge on any atom is -0.355 e. The van der Waals surface area contributed by atoms with Crippen LogP contribution in [-0.4, -0.2) is 12.3 Å². The molecule has 4 rings (SSSR count). The lowest BCUT2D eigenvalue weighted by Crippen LogP contribution is -2.52. The van der Waals surface area contributed by atoms with E-state index in [2.05, 4.69) is 73.3 Å². The molecule has 2 atom stereocenters. The van der Waals surface area contributed by atoms with Crippen molar-refractivity contribution in [2.24, 2.45) is 0 Å². The van der Waals surface area contributed by atoms with E-state index in [0.29, 0.717) is 0 Å². The Morgan fingerprint density at radius 1 is 1.00 bits per heavy atom. The number of para-hydroxylation sites is 1. The zero-order valence-electron chi connectivity index (χ0n) is 12.7. The normalized spacial score (nSPS) is 30.3. The summed E-state index contributed by atoms with van der Waals surface area (Å²) < 4.78 is 6.26. The summed E-state index contributed by atoms with van der Waals surface area (Å²) in [5, 5.41) is 0. The largest absolute Gasteiger partial charge is 0.355 e. The predicted octanol–water partition coefficient (Wildman–Crippen LogP) is 4.10. The van der Waals surface area contributed by atoms with Gasteiger partial charge < -0.3 is 9.64 Å². The van der Waals surface area contributed by atoms with Crippen LogP contribution in [0.25, 0.3) is 0 Å². The number of hydrogen-bond acceptors (Lipinski definition) is 2. The third-order valence-electron chi connectivity index (χ3n) is 5.50. The zero-order valence-corrected chi connectivity index (χ0v) is 12.7. The van der Waals surface area contributed by atoms with Gasteiger partial charge in [-0.3, -0.25) is 0 Å². The molecule has 2 heteroatoms. The van der Waals surface area contributed by atoms with Crippen LogP contribution in [0.1, 0.15) is 31.4 Å². The molecule has 0 N–H and O–H groups in total. The third-order valence-corrected chi connectivity index (χ3v) is 5.50. The minimum atomic E-state index is -0.244. The molecule has 0 amide bonds. The second kappa shape index (κ2) is 4.35. The van der Waals surface area contributed by atoms with E-state index in [0.717, 1.165) is 19.6 Å². The molecule has 2 aromatic carbocycles. The van der Waals surface area contributed by atoms with Crippen molar-refractivity contribution in [2.75, 3.05) is 11.5 Å². The third kappa shape index (κ3) is 1.63. The van der Waals surface area contributed by atoms with E-state index in [-0.39, 0.29) is 11.1 Å². The molecule has 2 aliphatic rings. The fourth-order valence-electron chi connectivity index (χ4n) is 4.01. The van der Waals surface area contributed by atoms with Crippen LogP contribution < -0.4 is 4.90 Å². The highest BCUT2D eigenvalue weighted by Gasteiger charge is 2.60. The summed E-state index contributed by atoms with van der Waals surface area (Å²) >= 11 is 0. The quantitative estimate of drug-likeness (QED) is 0.820. The number of fused-ring (bicyclic) bond motifs is 3. The van der Waals surface area contributed by atoms with E-state index in [1.165, 1.54) is 16.8 Å².